The molecule has 2 N–H and O–H groups in total. The Hall–Kier alpha value is -2.40. The number of fused-ring (bicyclic) bond motifs is 1. The molecular weight excluding hydrogens is 316 g/mol. The van der Waals surface area contributed by atoms with E-state index >= 15 is 0 Å². The quantitative estimate of drug-likeness (QED) is 0.667. The van der Waals surface area contributed by atoms with Crippen LogP contribution in [0.4, 0.5) is 0 Å². The molecule has 0 aromatic heterocycles. The molecule has 1 aliphatic carbocycles. The van der Waals surface area contributed by atoms with E-state index in [1.807, 2.05) is 24.3 Å². The number of likely N-dealkylation sites (tertiary alicyclic amines) is 1. The van der Waals surface area contributed by atoms with Crippen LogP contribution in [0.25, 0.3) is 10.8 Å². The number of hydroxylamine groups is 1. The lowest BCUT2D eigenvalue weighted by atomic mass is 9.94. The highest BCUT2D eigenvalue weighted by atomic mass is 16.5. The van der Waals surface area contributed by atoms with Gasteiger partial charge in [-0.3, -0.25) is 14.8 Å². The number of nitrogens with one attached hydrogen (secondary N) is 1. The van der Waals surface area contributed by atoms with Gasteiger partial charge in [0.1, 0.15) is 0 Å². The summed E-state index contributed by atoms with van der Waals surface area (Å²) in [5.41, 5.74) is 3.07. The number of rotatable bonds is 3. The molecule has 1 saturated heterocycles. The van der Waals surface area contributed by atoms with Crippen LogP contribution in [0.2, 0.25) is 0 Å². The van der Waals surface area contributed by atoms with Gasteiger partial charge >= 0.3 is 0 Å². The minimum Gasteiger partial charge on any atom is -0.339 e. The van der Waals surface area contributed by atoms with Crippen LogP contribution in [-0.4, -0.2) is 34.5 Å². The topological polar surface area (TPSA) is 69.6 Å². The van der Waals surface area contributed by atoms with Crippen molar-refractivity contribution in [3.8, 4) is 0 Å². The normalized spacial score (nSPS) is 21.2. The minimum atomic E-state index is -0.531. The summed E-state index contributed by atoms with van der Waals surface area (Å²) in [6.07, 6.45) is 5.58. The fourth-order valence-corrected chi connectivity index (χ4v) is 4.28. The number of hydrogen-bond donors (Lipinski definition) is 2. The van der Waals surface area contributed by atoms with Crippen LogP contribution in [-0.2, 0) is 4.79 Å². The van der Waals surface area contributed by atoms with E-state index in [-0.39, 0.29) is 11.8 Å². The number of benzene rings is 2. The predicted molar refractivity (Wildman–Crippen MR) is 94.5 cm³/mol. The molecule has 2 amide bonds. The lowest BCUT2D eigenvalue weighted by molar-refractivity contribution is -0.130. The summed E-state index contributed by atoms with van der Waals surface area (Å²) < 4.78 is 0. The van der Waals surface area contributed by atoms with E-state index < -0.39 is 5.91 Å². The zero-order chi connectivity index (χ0) is 17.4. The fraction of sp³-hybridized carbons (Fsp3) is 0.400. The Morgan fingerprint density at radius 1 is 1.04 bits per heavy atom. The molecule has 0 bridgehead atoms. The van der Waals surface area contributed by atoms with E-state index in [0.29, 0.717) is 11.6 Å². The molecule has 25 heavy (non-hydrogen) atoms. The Morgan fingerprint density at radius 2 is 1.80 bits per heavy atom. The largest absolute Gasteiger partial charge is 0.339 e. The van der Waals surface area contributed by atoms with Gasteiger partial charge in [0.25, 0.3) is 5.91 Å². The SMILES string of the molecule is O=C(NO)c1ccc2ccc(C3CCN(C4CCCC4)C3=O)cc2c1. The maximum atomic E-state index is 12.9. The second kappa shape index (κ2) is 6.48. The Kier molecular flexibility index (Phi) is 4.17. The molecule has 130 valence electrons. The third-order valence-corrected chi connectivity index (χ3v) is 5.64. The highest BCUT2D eigenvalue weighted by Gasteiger charge is 2.37. The maximum absolute atomic E-state index is 12.9. The zero-order valence-electron chi connectivity index (χ0n) is 14.1. The zero-order valence-corrected chi connectivity index (χ0v) is 14.1. The van der Waals surface area contributed by atoms with Gasteiger partial charge < -0.3 is 4.90 Å². The van der Waals surface area contributed by atoms with Crippen molar-refractivity contribution in [2.75, 3.05) is 6.54 Å². The standard InChI is InChI=1S/C20H22N2O3/c23-19(21-25)15-8-6-13-5-7-14(11-16(13)12-15)18-9-10-22(20(18)24)17-3-1-2-4-17/h5-8,11-12,17-18,25H,1-4,9-10H2,(H,21,23). The van der Waals surface area contributed by atoms with Crippen LogP contribution in [0.15, 0.2) is 36.4 Å². The predicted octanol–water partition coefficient (Wildman–Crippen LogP) is 3.22. The summed E-state index contributed by atoms with van der Waals surface area (Å²) in [5.74, 6) is -0.368. The van der Waals surface area contributed by atoms with Gasteiger partial charge in [-0.05, 0) is 47.7 Å². The van der Waals surface area contributed by atoms with Crippen molar-refractivity contribution in [1.82, 2.24) is 10.4 Å². The maximum Gasteiger partial charge on any atom is 0.274 e. The average Bonchev–Trinajstić information content (AvgIpc) is 3.29. The highest BCUT2D eigenvalue weighted by molar-refractivity contribution is 5.98. The number of carbonyl (C=O) groups is 2. The molecule has 0 spiro atoms. The monoisotopic (exact) mass is 338 g/mol. The summed E-state index contributed by atoms with van der Waals surface area (Å²) in [6.45, 7) is 0.846. The third kappa shape index (κ3) is 2.89. The Balaban J connectivity index is 1.62. The summed E-state index contributed by atoms with van der Waals surface area (Å²) in [6, 6.07) is 11.7. The van der Waals surface area contributed by atoms with Gasteiger partial charge in [-0.1, -0.05) is 37.1 Å². The second-order valence-electron chi connectivity index (χ2n) is 7.07. The number of carbonyl (C=O) groups excluding carboxylic acids is 2. The van der Waals surface area contributed by atoms with Crippen LogP contribution in [0, 0.1) is 0 Å². The molecule has 1 atom stereocenters. The van der Waals surface area contributed by atoms with Crippen molar-refractivity contribution < 1.29 is 14.8 Å². The van der Waals surface area contributed by atoms with Crippen molar-refractivity contribution in [3.63, 3.8) is 0 Å². The fourth-order valence-electron chi connectivity index (χ4n) is 4.28. The van der Waals surface area contributed by atoms with E-state index in [4.69, 9.17) is 5.21 Å². The molecule has 2 aliphatic rings. The Bertz CT molecular complexity index is 827. The van der Waals surface area contributed by atoms with Crippen LogP contribution in [0.3, 0.4) is 0 Å². The lowest BCUT2D eigenvalue weighted by Crippen LogP contribution is -2.35. The molecule has 2 fully saturated rings. The van der Waals surface area contributed by atoms with E-state index in [1.165, 1.54) is 12.8 Å². The Labute approximate surface area is 146 Å². The van der Waals surface area contributed by atoms with Gasteiger partial charge in [0.2, 0.25) is 5.91 Å². The van der Waals surface area contributed by atoms with Crippen molar-refractivity contribution in [3.05, 3.63) is 47.5 Å². The lowest BCUT2D eigenvalue weighted by Gasteiger charge is -2.24. The second-order valence-corrected chi connectivity index (χ2v) is 7.07. The number of nitrogens with zero attached hydrogens (tertiary/aromatic N) is 1. The molecule has 5 heteroatoms. The Morgan fingerprint density at radius 3 is 2.56 bits per heavy atom. The molecule has 1 aliphatic heterocycles. The summed E-state index contributed by atoms with van der Waals surface area (Å²) in [4.78, 5) is 26.6. The van der Waals surface area contributed by atoms with E-state index in [0.717, 1.165) is 42.1 Å². The third-order valence-electron chi connectivity index (χ3n) is 5.64. The van der Waals surface area contributed by atoms with Crippen LogP contribution in [0.5, 0.6) is 0 Å². The molecule has 1 heterocycles. The first-order valence-corrected chi connectivity index (χ1v) is 8.96. The first-order valence-electron chi connectivity index (χ1n) is 8.96. The van der Waals surface area contributed by atoms with Gasteiger partial charge in [-0.15, -0.1) is 0 Å². The molecule has 1 unspecified atom stereocenters. The van der Waals surface area contributed by atoms with Crippen molar-refractivity contribution in [2.24, 2.45) is 0 Å². The van der Waals surface area contributed by atoms with Crippen molar-refractivity contribution in [2.45, 2.75) is 44.1 Å². The first-order chi connectivity index (χ1) is 12.2. The highest BCUT2D eigenvalue weighted by Crippen LogP contribution is 2.35. The van der Waals surface area contributed by atoms with Crippen molar-refractivity contribution in [1.29, 1.82) is 0 Å². The van der Waals surface area contributed by atoms with E-state index in [2.05, 4.69) is 4.90 Å². The molecular formula is C20H22N2O3. The summed E-state index contributed by atoms with van der Waals surface area (Å²) in [5, 5.41) is 10.7. The molecule has 0 radical (unpaired) electrons. The molecule has 5 nitrogen and oxygen atoms in total. The molecule has 1 saturated carbocycles. The van der Waals surface area contributed by atoms with Crippen LogP contribution < -0.4 is 5.48 Å². The first kappa shape index (κ1) is 16.1. The van der Waals surface area contributed by atoms with E-state index in [1.54, 1.807) is 17.6 Å². The summed E-state index contributed by atoms with van der Waals surface area (Å²) >= 11 is 0. The van der Waals surface area contributed by atoms with Gasteiger partial charge in [0.15, 0.2) is 0 Å². The number of amides is 2. The van der Waals surface area contributed by atoms with Crippen LogP contribution >= 0.6 is 0 Å². The van der Waals surface area contributed by atoms with Gasteiger partial charge in [-0.2, -0.15) is 0 Å². The minimum absolute atomic E-state index is 0.0830. The molecule has 2 aromatic carbocycles. The summed E-state index contributed by atoms with van der Waals surface area (Å²) in [7, 11) is 0. The van der Waals surface area contributed by atoms with E-state index in [9.17, 15) is 9.59 Å². The molecule has 2 aromatic rings. The van der Waals surface area contributed by atoms with Gasteiger partial charge in [-0.25, -0.2) is 5.48 Å². The average molecular weight is 338 g/mol. The smallest absolute Gasteiger partial charge is 0.274 e. The van der Waals surface area contributed by atoms with Crippen molar-refractivity contribution >= 4 is 22.6 Å². The molecule has 4 rings (SSSR count). The van der Waals surface area contributed by atoms with Crippen LogP contribution in [0.1, 0.15) is 53.9 Å². The van der Waals surface area contributed by atoms with Gasteiger partial charge in [0, 0.05) is 18.2 Å². The van der Waals surface area contributed by atoms with Gasteiger partial charge in [0.05, 0.1) is 5.92 Å². The number of hydrogen-bond acceptors (Lipinski definition) is 3.